The van der Waals surface area contributed by atoms with Crippen molar-refractivity contribution in [3.8, 4) is 0 Å². The van der Waals surface area contributed by atoms with Crippen molar-refractivity contribution >= 4 is 11.6 Å². The summed E-state index contributed by atoms with van der Waals surface area (Å²) in [6, 6.07) is 8.82. The fraction of sp³-hybridized carbons (Fsp3) is 0.600. The molecule has 0 bridgehead atoms. The summed E-state index contributed by atoms with van der Waals surface area (Å²) in [6.07, 6.45) is 1.26. The van der Waals surface area contributed by atoms with Gasteiger partial charge in [-0.15, -0.1) is 11.6 Å². The van der Waals surface area contributed by atoms with Crippen LogP contribution >= 0.6 is 11.6 Å². The van der Waals surface area contributed by atoms with E-state index >= 15 is 0 Å². The van der Waals surface area contributed by atoms with Crippen molar-refractivity contribution in [2.45, 2.75) is 45.4 Å². The number of hydrogen-bond donors (Lipinski definition) is 0. The van der Waals surface area contributed by atoms with Gasteiger partial charge >= 0.3 is 0 Å². The Morgan fingerprint density at radius 1 is 1.12 bits per heavy atom. The summed E-state index contributed by atoms with van der Waals surface area (Å²) in [6.45, 7) is 9.04. The molecule has 2 rings (SSSR count). The molecule has 0 nitrogen and oxygen atoms in total. The summed E-state index contributed by atoms with van der Waals surface area (Å²) < 4.78 is 0. The summed E-state index contributed by atoms with van der Waals surface area (Å²) in [5.41, 5.74) is 3.12. The van der Waals surface area contributed by atoms with E-state index in [0.29, 0.717) is 17.3 Å². The van der Waals surface area contributed by atoms with Crippen molar-refractivity contribution in [1.29, 1.82) is 0 Å². The van der Waals surface area contributed by atoms with Crippen molar-refractivity contribution < 1.29 is 0 Å². The Bertz CT molecular complexity index is 362. The van der Waals surface area contributed by atoms with Crippen LogP contribution in [0.1, 0.15) is 56.5 Å². The average molecular weight is 237 g/mol. The summed E-state index contributed by atoms with van der Waals surface area (Å²) in [4.78, 5) is 0. The number of benzene rings is 1. The lowest BCUT2D eigenvalue weighted by Crippen LogP contribution is -1.99. The highest BCUT2D eigenvalue weighted by molar-refractivity contribution is 6.21. The van der Waals surface area contributed by atoms with E-state index in [1.54, 1.807) is 0 Å². The van der Waals surface area contributed by atoms with Gasteiger partial charge in [-0.25, -0.2) is 0 Å². The van der Waals surface area contributed by atoms with Gasteiger partial charge in [-0.05, 0) is 34.8 Å². The molecule has 1 aliphatic rings. The first-order chi connectivity index (χ1) is 7.42. The molecule has 0 spiro atoms. The maximum absolute atomic E-state index is 6.52. The molecular weight excluding hydrogens is 216 g/mol. The number of halogens is 1. The molecule has 1 fully saturated rings. The molecule has 1 heteroatoms. The quantitative estimate of drug-likeness (QED) is 0.638. The van der Waals surface area contributed by atoms with Gasteiger partial charge in [0.15, 0.2) is 0 Å². The maximum Gasteiger partial charge on any atom is 0.0618 e. The van der Waals surface area contributed by atoms with Gasteiger partial charge in [-0.1, -0.05) is 52.0 Å². The molecule has 0 heterocycles. The van der Waals surface area contributed by atoms with Gasteiger partial charge in [-0.2, -0.15) is 0 Å². The van der Waals surface area contributed by atoms with Crippen molar-refractivity contribution in [3.05, 3.63) is 35.4 Å². The minimum absolute atomic E-state index is 0.191. The monoisotopic (exact) mass is 236 g/mol. The molecule has 0 N–H and O–H groups in total. The van der Waals surface area contributed by atoms with E-state index in [1.807, 2.05) is 0 Å². The van der Waals surface area contributed by atoms with E-state index in [0.717, 1.165) is 0 Å². The zero-order chi connectivity index (χ0) is 11.9. The molecule has 0 radical (unpaired) electrons. The van der Waals surface area contributed by atoms with Crippen LogP contribution < -0.4 is 0 Å². The Labute approximate surface area is 104 Å². The minimum atomic E-state index is 0.191. The van der Waals surface area contributed by atoms with Gasteiger partial charge in [0, 0.05) is 0 Å². The van der Waals surface area contributed by atoms with Crippen LogP contribution in [0.25, 0.3) is 0 Å². The number of rotatable bonds is 3. The summed E-state index contributed by atoms with van der Waals surface area (Å²) in [5.74, 6) is 1.25. The first-order valence-electron chi connectivity index (χ1n) is 6.16. The fourth-order valence-corrected chi connectivity index (χ4v) is 2.88. The van der Waals surface area contributed by atoms with Gasteiger partial charge in [-0.3, -0.25) is 0 Å². The second kappa shape index (κ2) is 4.07. The van der Waals surface area contributed by atoms with Crippen LogP contribution in [0.15, 0.2) is 24.3 Å². The molecule has 2 atom stereocenters. The van der Waals surface area contributed by atoms with Crippen LogP contribution in [-0.4, -0.2) is 0 Å². The summed E-state index contributed by atoms with van der Waals surface area (Å²) in [5, 5.41) is 0.191. The molecule has 88 valence electrons. The minimum Gasteiger partial charge on any atom is -0.117 e. The first kappa shape index (κ1) is 12.0. The zero-order valence-corrected chi connectivity index (χ0v) is 11.4. The lowest BCUT2D eigenvalue weighted by molar-refractivity contribution is 0.548. The smallest absolute Gasteiger partial charge is 0.0618 e. The van der Waals surface area contributed by atoms with E-state index in [-0.39, 0.29) is 5.38 Å². The summed E-state index contributed by atoms with van der Waals surface area (Å²) in [7, 11) is 0. The topological polar surface area (TPSA) is 0 Å². The molecule has 0 aliphatic heterocycles. The van der Waals surface area contributed by atoms with Gasteiger partial charge in [0.05, 0.1) is 5.38 Å². The standard InChI is InChI=1S/C15H21Cl/c1-10(2)11-5-7-12(8-6-11)14(16)13-9-15(13,3)4/h5-8,10,13-14H,9H2,1-4H3. The Morgan fingerprint density at radius 3 is 1.94 bits per heavy atom. The second-order valence-electron chi connectivity index (χ2n) is 6.02. The summed E-state index contributed by atoms with van der Waals surface area (Å²) >= 11 is 6.52. The maximum atomic E-state index is 6.52. The molecule has 0 saturated heterocycles. The molecule has 0 aromatic heterocycles. The van der Waals surface area contributed by atoms with Crippen LogP contribution in [0.2, 0.25) is 0 Å². The molecule has 1 aromatic rings. The van der Waals surface area contributed by atoms with Crippen LogP contribution in [-0.2, 0) is 0 Å². The van der Waals surface area contributed by atoms with Gasteiger partial charge in [0.25, 0.3) is 0 Å². The van der Waals surface area contributed by atoms with E-state index in [4.69, 9.17) is 11.6 Å². The predicted octanol–water partition coefficient (Wildman–Crippen LogP) is 5.14. The Hall–Kier alpha value is -0.490. The highest BCUT2D eigenvalue weighted by atomic mass is 35.5. The zero-order valence-electron chi connectivity index (χ0n) is 10.6. The molecule has 1 saturated carbocycles. The normalized spacial score (nSPS) is 24.5. The highest BCUT2D eigenvalue weighted by Crippen LogP contribution is 2.59. The third kappa shape index (κ3) is 2.27. The van der Waals surface area contributed by atoms with Crippen LogP contribution in [0, 0.1) is 11.3 Å². The SMILES string of the molecule is CC(C)c1ccc(C(Cl)C2CC2(C)C)cc1. The lowest BCUT2D eigenvalue weighted by atomic mass is 9.98. The Balaban J connectivity index is 2.10. The van der Waals surface area contributed by atoms with Crippen LogP contribution in [0.4, 0.5) is 0 Å². The first-order valence-corrected chi connectivity index (χ1v) is 6.59. The highest BCUT2D eigenvalue weighted by Gasteiger charge is 2.49. The third-order valence-electron chi connectivity index (χ3n) is 3.86. The average Bonchev–Trinajstić information content (AvgIpc) is 2.87. The van der Waals surface area contributed by atoms with Crippen molar-refractivity contribution in [3.63, 3.8) is 0 Å². The molecular formula is C15H21Cl. The number of alkyl halides is 1. The van der Waals surface area contributed by atoms with E-state index < -0.39 is 0 Å². The largest absolute Gasteiger partial charge is 0.117 e. The van der Waals surface area contributed by atoms with Crippen molar-refractivity contribution in [1.82, 2.24) is 0 Å². The molecule has 1 aromatic carbocycles. The van der Waals surface area contributed by atoms with Gasteiger partial charge in [0.1, 0.15) is 0 Å². The van der Waals surface area contributed by atoms with Crippen molar-refractivity contribution in [2.24, 2.45) is 11.3 Å². The van der Waals surface area contributed by atoms with Gasteiger partial charge < -0.3 is 0 Å². The Kier molecular flexibility index (Phi) is 3.05. The molecule has 16 heavy (non-hydrogen) atoms. The lowest BCUT2D eigenvalue weighted by Gasteiger charge is -2.13. The van der Waals surface area contributed by atoms with E-state index in [1.165, 1.54) is 17.5 Å². The molecule has 1 aliphatic carbocycles. The Morgan fingerprint density at radius 2 is 1.56 bits per heavy atom. The molecule has 0 amide bonds. The second-order valence-corrected chi connectivity index (χ2v) is 6.49. The van der Waals surface area contributed by atoms with E-state index in [2.05, 4.69) is 52.0 Å². The fourth-order valence-electron chi connectivity index (χ4n) is 2.30. The van der Waals surface area contributed by atoms with E-state index in [9.17, 15) is 0 Å². The number of hydrogen-bond acceptors (Lipinski definition) is 0. The van der Waals surface area contributed by atoms with Crippen LogP contribution in [0.5, 0.6) is 0 Å². The molecule has 2 unspecified atom stereocenters. The van der Waals surface area contributed by atoms with Gasteiger partial charge in [0.2, 0.25) is 0 Å². The third-order valence-corrected chi connectivity index (χ3v) is 4.42. The van der Waals surface area contributed by atoms with Crippen LogP contribution in [0.3, 0.4) is 0 Å². The van der Waals surface area contributed by atoms with Crippen molar-refractivity contribution in [2.75, 3.05) is 0 Å². The predicted molar refractivity (Wildman–Crippen MR) is 71.0 cm³/mol.